The molecule has 0 fully saturated rings. The minimum atomic E-state index is 0. The predicted molar refractivity (Wildman–Crippen MR) is 39.4 cm³/mol. The molecule has 2 nitrogen and oxygen atoms in total. The van der Waals surface area contributed by atoms with Gasteiger partial charge < -0.3 is 9.90 Å². The summed E-state index contributed by atoms with van der Waals surface area (Å²) in [4.78, 5) is 9.88. The summed E-state index contributed by atoms with van der Waals surface area (Å²) >= 11 is 0. The molecular formula is C8H9O2Y-. The van der Waals surface area contributed by atoms with Crippen LogP contribution in [0.3, 0.4) is 0 Å². The van der Waals surface area contributed by atoms with E-state index < -0.39 is 0 Å². The van der Waals surface area contributed by atoms with Crippen molar-refractivity contribution in [3.63, 3.8) is 0 Å². The summed E-state index contributed by atoms with van der Waals surface area (Å²) in [5, 5.41) is 7.00. The van der Waals surface area contributed by atoms with E-state index in [1.165, 1.54) is 0 Å². The van der Waals surface area contributed by atoms with Crippen molar-refractivity contribution in [2.45, 2.75) is 0 Å². The summed E-state index contributed by atoms with van der Waals surface area (Å²) in [6.07, 6.45) is 1.78. The van der Waals surface area contributed by atoms with Gasteiger partial charge in [0, 0.05) is 39.8 Å². The predicted octanol–water partition coefficient (Wildman–Crippen LogP) is 0.750. The second-order valence-electron chi connectivity index (χ2n) is 1.47. The standard InChI is InChI=1S/C7H5O.CH4O.Y/c8-6-7-4-2-1-3-5-7;1-2;/h1-5H;2H,1H3;/q-1;;. The molecule has 0 aliphatic carbocycles. The fourth-order valence-corrected chi connectivity index (χ4v) is 0.506. The average Bonchev–Trinajstić information content (AvgIpc) is 2.10. The van der Waals surface area contributed by atoms with Gasteiger partial charge in [-0.1, -0.05) is 6.07 Å². The van der Waals surface area contributed by atoms with Crippen molar-refractivity contribution >= 4 is 6.29 Å². The molecule has 0 aromatic heterocycles. The van der Waals surface area contributed by atoms with E-state index in [0.717, 1.165) is 7.11 Å². The number of benzene rings is 1. The van der Waals surface area contributed by atoms with Gasteiger partial charge in [0.05, 0.1) is 6.29 Å². The van der Waals surface area contributed by atoms with E-state index in [1.54, 1.807) is 30.6 Å². The van der Waals surface area contributed by atoms with Crippen molar-refractivity contribution in [3.8, 4) is 0 Å². The Kier molecular flexibility index (Phi) is 12.2. The Hall–Kier alpha value is -0.0461. The fourth-order valence-electron chi connectivity index (χ4n) is 0.506. The maximum atomic E-state index is 9.88. The summed E-state index contributed by atoms with van der Waals surface area (Å²) in [5.41, 5.74) is 0.604. The summed E-state index contributed by atoms with van der Waals surface area (Å²) in [7, 11) is 1.00. The van der Waals surface area contributed by atoms with E-state index in [4.69, 9.17) is 5.11 Å². The van der Waals surface area contributed by atoms with Crippen molar-refractivity contribution in [2.75, 3.05) is 7.11 Å². The first-order valence-corrected chi connectivity index (χ1v) is 2.81. The number of hydrogen-bond acceptors (Lipinski definition) is 2. The topological polar surface area (TPSA) is 37.3 Å². The molecule has 1 rings (SSSR count). The first-order valence-electron chi connectivity index (χ1n) is 2.81. The van der Waals surface area contributed by atoms with Crippen LogP contribution in [0.25, 0.3) is 0 Å². The van der Waals surface area contributed by atoms with Crippen LogP contribution in [0.4, 0.5) is 0 Å². The molecule has 11 heavy (non-hydrogen) atoms. The summed E-state index contributed by atoms with van der Waals surface area (Å²) in [6.45, 7) is 0. The Balaban J connectivity index is 0. The van der Waals surface area contributed by atoms with Crippen molar-refractivity contribution < 1.29 is 42.6 Å². The van der Waals surface area contributed by atoms with Gasteiger partial charge in [-0.3, -0.25) is 0 Å². The zero-order valence-electron chi connectivity index (χ0n) is 6.32. The molecule has 0 saturated carbocycles. The van der Waals surface area contributed by atoms with Gasteiger partial charge in [-0.25, -0.2) is 0 Å². The second-order valence-corrected chi connectivity index (χ2v) is 1.47. The van der Waals surface area contributed by atoms with Crippen molar-refractivity contribution in [2.24, 2.45) is 0 Å². The molecular weight excluding hydrogens is 217 g/mol. The quantitative estimate of drug-likeness (QED) is 0.717. The molecule has 1 aromatic carbocycles. The molecule has 57 valence electrons. The Morgan fingerprint density at radius 2 is 1.64 bits per heavy atom. The van der Waals surface area contributed by atoms with Gasteiger partial charge in [0.2, 0.25) is 0 Å². The molecule has 1 N–H and O–H groups in total. The minimum absolute atomic E-state index is 0. The summed E-state index contributed by atoms with van der Waals surface area (Å²) < 4.78 is 0. The Bertz CT molecular complexity index is 175. The molecule has 0 spiro atoms. The molecule has 1 radical (unpaired) electrons. The van der Waals surface area contributed by atoms with Crippen molar-refractivity contribution in [1.82, 2.24) is 0 Å². The van der Waals surface area contributed by atoms with Crippen molar-refractivity contribution in [3.05, 3.63) is 35.9 Å². The van der Waals surface area contributed by atoms with Crippen LogP contribution in [0, 0.1) is 0 Å². The monoisotopic (exact) mass is 226 g/mol. The SMILES string of the molecule is CO.O=[C-]c1ccccc1.[Y]. The van der Waals surface area contributed by atoms with Crippen LogP contribution in [-0.4, -0.2) is 18.5 Å². The van der Waals surface area contributed by atoms with Gasteiger partial charge in [-0.15, -0.1) is 12.1 Å². The first kappa shape index (κ1) is 13.5. The average molecular weight is 226 g/mol. The van der Waals surface area contributed by atoms with E-state index >= 15 is 0 Å². The molecule has 0 aliphatic rings. The van der Waals surface area contributed by atoms with Crippen LogP contribution in [0.15, 0.2) is 30.3 Å². The third-order valence-corrected chi connectivity index (χ3v) is 0.892. The van der Waals surface area contributed by atoms with Gasteiger partial charge in [0.25, 0.3) is 0 Å². The normalized spacial score (nSPS) is 6.73. The molecule has 0 heterocycles. The molecule has 0 saturated heterocycles. The van der Waals surface area contributed by atoms with Crippen LogP contribution >= 0.6 is 0 Å². The van der Waals surface area contributed by atoms with E-state index in [9.17, 15) is 4.79 Å². The van der Waals surface area contributed by atoms with E-state index in [2.05, 4.69) is 0 Å². The smallest absolute Gasteiger partial charge is 0.0627 e. The first-order chi connectivity index (χ1) is 4.93. The van der Waals surface area contributed by atoms with Crippen LogP contribution in [0.1, 0.15) is 5.56 Å². The number of aliphatic hydroxyl groups excluding tert-OH is 1. The molecule has 0 amide bonds. The summed E-state index contributed by atoms with van der Waals surface area (Å²) in [5.74, 6) is 0. The van der Waals surface area contributed by atoms with Crippen LogP contribution in [0.2, 0.25) is 0 Å². The minimum Gasteiger partial charge on any atom is -0.400 e. The molecule has 0 aliphatic heterocycles. The molecule has 1 aromatic rings. The van der Waals surface area contributed by atoms with Gasteiger partial charge in [-0.05, 0) is 0 Å². The Labute approximate surface area is 91.5 Å². The second kappa shape index (κ2) is 9.95. The van der Waals surface area contributed by atoms with E-state index in [0.29, 0.717) is 5.56 Å². The number of rotatable bonds is 1. The fraction of sp³-hybridized carbons (Fsp3) is 0.125. The maximum Gasteiger partial charge on any atom is 0.0627 e. The van der Waals surface area contributed by atoms with Crippen LogP contribution in [-0.2, 0) is 37.5 Å². The van der Waals surface area contributed by atoms with Crippen molar-refractivity contribution in [1.29, 1.82) is 0 Å². The van der Waals surface area contributed by atoms with Crippen LogP contribution < -0.4 is 0 Å². The Morgan fingerprint density at radius 1 is 1.18 bits per heavy atom. The number of aliphatic hydroxyl groups is 1. The number of hydrogen-bond donors (Lipinski definition) is 1. The Morgan fingerprint density at radius 3 is 1.91 bits per heavy atom. The van der Waals surface area contributed by atoms with Gasteiger partial charge >= 0.3 is 0 Å². The largest absolute Gasteiger partial charge is 0.400 e. The molecule has 0 bridgehead atoms. The number of carbonyl (C=O) groups excluding carboxylic acids is 1. The van der Waals surface area contributed by atoms with Gasteiger partial charge in [-0.2, -0.15) is 17.7 Å². The van der Waals surface area contributed by atoms with Gasteiger partial charge in [0.1, 0.15) is 0 Å². The third-order valence-electron chi connectivity index (χ3n) is 0.892. The molecule has 0 atom stereocenters. The van der Waals surface area contributed by atoms with Gasteiger partial charge in [0.15, 0.2) is 0 Å². The zero-order chi connectivity index (χ0) is 7.82. The molecule has 0 unspecified atom stereocenters. The maximum absolute atomic E-state index is 9.88. The zero-order valence-corrected chi connectivity index (χ0v) is 9.16. The van der Waals surface area contributed by atoms with E-state index in [-0.39, 0.29) is 32.7 Å². The van der Waals surface area contributed by atoms with E-state index in [1.807, 2.05) is 6.07 Å². The third kappa shape index (κ3) is 6.36. The summed E-state index contributed by atoms with van der Waals surface area (Å²) in [6, 6.07) is 8.90. The molecule has 3 heteroatoms. The van der Waals surface area contributed by atoms with Crippen LogP contribution in [0.5, 0.6) is 0 Å².